The standard InChI is InChI=1S/C25H40O3/c1-4-7-10-13-16-19-22-26-25(27-23-20-17-14-11-8-5-2)28-24-21-18-15-12-9-6-3/h13-25H,4-12H2,1-3H3/b16-13+,17-14+,18-15+,22-19+,23-20+,24-21+. The first-order valence-electron chi connectivity index (χ1n) is 10.8. The van der Waals surface area contributed by atoms with Gasteiger partial charge in [0.1, 0.15) is 0 Å². The van der Waals surface area contributed by atoms with Crippen LogP contribution in [0.1, 0.15) is 78.6 Å². The predicted molar refractivity (Wildman–Crippen MR) is 120 cm³/mol. The highest BCUT2D eigenvalue weighted by atomic mass is 16.8. The molecule has 0 atom stereocenters. The Balaban J connectivity index is 4.39. The van der Waals surface area contributed by atoms with Gasteiger partial charge in [0.25, 0.3) is 0 Å². The van der Waals surface area contributed by atoms with E-state index in [1.54, 1.807) is 18.8 Å². The first-order valence-corrected chi connectivity index (χ1v) is 10.8. The molecule has 0 N–H and O–H groups in total. The van der Waals surface area contributed by atoms with Crippen molar-refractivity contribution in [2.45, 2.75) is 85.0 Å². The molecule has 0 unspecified atom stereocenters. The lowest BCUT2D eigenvalue weighted by atomic mass is 10.2. The van der Waals surface area contributed by atoms with Crippen LogP contribution in [0, 0.1) is 0 Å². The molecule has 0 aromatic carbocycles. The highest BCUT2D eigenvalue weighted by molar-refractivity contribution is 5.01. The SMILES string of the molecule is CCCC/C=C/C=C/OC(O/C=C/C=C/CCCC)O/C=C/C=C/CCCC. The van der Waals surface area contributed by atoms with Gasteiger partial charge >= 0.3 is 6.48 Å². The third-order valence-electron chi connectivity index (χ3n) is 3.72. The topological polar surface area (TPSA) is 27.7 Å². The van der Waals surface area contributed by atoms with Crippen LogP contribution in [0.3, 0.4) is 0 Å². The molecular weight excluding hydrogens is 348 g/mol. The molecule has 0 radical (unpaired) electrons. The van der Waals surface area contributed by atoms with Crippen LogP contribution in [-0.2, 0) is 14.2 Å². The molecule has 0 aliphatic carbocycles. The molecule has 0 aliphatic rings. The van der Waals surface area contributed by atoms with Crippen molar-refractivity contribution in [3.63, 3.8) is 0 Å². The van der Waals surface area contributed by atoms with Gasteiger partial charge in [0, 0.05) is 0 Å². The quantitative estimate of drug-likeness (QED) is 0.103. The van der Waals surface area contributed by atoms with Crippen molar-refractivity contribution in [3.05, 3.63) is 73.5 Å². The van der Waals surface area contributed by atoms with E-state index >= 15 is 0 Å². The average molecular weight is 389 g/mol. The minimum atomic E-state index is -0.819. The zero-order valence-electron chi connectivity index (χ0n) is 18.1. The molecule has 0 fully saturated rings. The lowest BCUT2D eigenvalue weighted by Crippen LogP contribution is -2.13. The number of hydrogen-bond donors (Lipinski definition) is 0. The Bertz CT molecular complexity index is 413. The molecular formula is C25H40O3. The summed E-state index contributed by atoms with van der Waals surface area (Å²) in [5.74, 6) is 0. The zero-order valence-corrected chi connectivity index (χ0v) is 18.1. The monoisotopic (exact) mass is 388 g/mol. The van der Waals surface area contributed by atoms with Gasteiger partial charge in [-0.1, -0.05) is 95.8 Å². The van der Waals surface area contributed by atoms with Gasteiger partial charge in [-0.25, -0.2) is 0 Å². The normalized spacial score (nSPS) is 12.9. The molecule has 0 spiro atoms. The zero-order chi connectivity index (χ0) is 20.5. The van der Waals surface area contributed by atoms with Crippen molar-refractivity contribution in [1.82, 2.24) is 0 Å². The van der Waals surface area contributed by atoms with E-state index in [4.69, 9.17) is 14.2 Å². The lowest BCUT2D eigenvalue weighted by Gasteiger charge is -2.14. The summed E-state index contributed by atoms with van der Waals surface area (Å²) in [7, 11) is 0. The third-order valence-corrected chi connectivity index (χ3v) is 3.72. The summed E-state index contributed by atoms with van der Waals surface area (Å²) in [6.07, 6.45) is 33.1. The molecule has 0 amide bonds. The van der Waals surface area contributed by atoms with Gasteiger partial charge in [0.2, 0.25) is 0 Å². The molecule has 0 saturated carbocycles. The molecule has 0 saturated heterocycles. The van der Waals surface area contributed by atoms with Gasteiger partial charge in [-0.2, -0.15) is 0 Å². The Morgan fingerprint density at radius 1 is 0.500 bits per heavy atom. The minimum Gasteiger partial charge on any atom is -0.431 e. The molecule has 3 heteroatoms. The molecule has 0 bridgehead atoms. The van der Waals surface area contributed by atoms with Crippen LogP contribution in [0.5, 0.6) is 0 Å². The number of allylic oxidation sites excluding steroid dienone is 9. The maximum absolute atomic E-state index is 5.51. The molecule has 28 heavy (non-hydrogen) atoms. The van der Waals surface area contributed by atoms with E-state index in [-0.39, 0.29) is 0 Å². The number of unbranched alkanes of at least 4 members (excludes halogenated alkanes) is 6. The molecule has 0 aromatic heterocycles. The van der Waals surface area contributed by atoms with E-state index in [1.807, 2.05) is 36.5 Å². The van der Waals surface area contributed by atoms with Gasteiger partial charge in [-0.05, 0) is 37.5 Å². The van der Waals surface area contributed by atoms with E-state index in [1.165, 1.54) is 38.5 Å². The van der Waals surface area contributed by atoms with Crippen molar-refractivity contribution in [2.75, 3.05) is 0 Å². The first kappa shape index (κ1) is 25.8. The molecule has 158 valence electrons. The summed E-state index contributed by atoms with van der Waals surface area (Å²) in [6.45, 7) is 5.74. The Morgan fingerprint density at radius 3 is 1.11 bits per heavy atom. The van der Waals surface area contributed by atoms with Crippen molar-refractivity contribution in [1.29, 1.82) is 0 Å². The van der Waals surface area contributed by atoms with Gasteiger partial charge < -0.3 is 14.2 Å². The van der Waals surface area contributed by atoms with Crippen LogP contribution in [-0.4, -0.2) is 6.48 Å². The molecule has 0 heterocycles. The predicted octanol–water partition coefficient (Wildman–Crippen LogP) is 8.10. The maximum Gasteiger partial charge on any atom is 0.404 e. The maximum atomic E-state index is 5.51. The summed E-state index contributed by atoms with van der Waals surface area (Å²) in [5.41, 5.74) is 0. The number of hydrogen-bond acceptors (Lipinski definition) is 3. The lowest BCUT2D eigenvalue weighted by molar-refractivity contribution is -0.212. The fourth-order valence-electron chi connectivity index (χ4n) is 2.05. The number of rotatable bonds is 18. The van der Waals surface area contributed by atoms with Gasteiger partial charge in [-0.15, -0.1) is 0 Å². The second-order valence-corrected chi connectivity index (χ2v) is 6.39. The van der Waals surface area contributed by atoms with E-state index in [0.29, 0.717) is 0 Å². The highest BCUT2D eigenvalue weighted by Gasteiger charge is 2.04. The fourth-order valence-corrected chi connectivity index (χ4v) is 2.05. The minimum absolute atomic E-state index is 0.819. The summed E-state index contributed by atoms with van der Waals surface area (Å²) < 4.78 is 16.5. The fraction of sp³-hybridized carbons (Fsp3) is 0.520. The van der Waals surface area contributed by atoms with E-state index in [9.17, 15) is 0 Å². The largest absolute Gasteiger partial charge is 0.431 e. The van der Waals surface area contributed by atoms with Gasteiger partial charge in [-0.3, -0.25) is 0 Å². The van der Waals surface area contributed by atoms with Crippen LogP contribution in [0.4, 0.5) is 0 Å². The van der Waals surface area contributed by atoms with Crippen LogP contribution >= 0.6 is 0 Å². The first-order chi connectivity index (χ1) is 13.8. The third kappa shape index (κ3) is 20.2. The Hall–Kier alpha value is -2.16. The van der Waals surface area contributed by atoms with E-state index in [2.05, 4.69) is 39.0 Å². The summed E-state index contributed by atoms with van der Waals surface area (Å²) in [5, 5.41) is 0. The van der Waals surface area contributed by atoms with Crippen LogP contribution in [0.25, 0.3) is 0 Å². The summed E-state index contributed by atoms with van der Waals surface area (Å²) in [6, 6.07) is 0. The number of ether oxygens (including phenoxy) is 3. The summed E-state index contributed by atoms with van der Waals surface area (Å²) >= 11 is 0. The van der Waals surface area contributed by atoms with Crippen molar-refractivity contribution >= 4 is 0 Å². The van der Waals surface area contributed by atoms with E-state index in [0.717, 1.165) is 19.3 Å². The van der Waals surface area contributed by atoms with Crippen LogP contribution in [0.2, 0.25) is 0 Å². The second-order valence-electron chi connectivity index (χ2n) is 6.39. The van der Waals surface area contributed by atoms with Crippen molar-refractivity contribution < 1.29 is 14.2 Å². The van der Waals surface area contributed by atoms with Crippen LogP contribution < -0.4 is 0 Å². The highest BCUT2D eigenvalue weighted by Crippen LogP contribution is 2.03. The van der Waals surface area contributed by atoms with Crippen molar-refractivity contribution in [2.24, 2.45) is 0 Å². The van der Waals surface area contributed by atoms with Gasteiger partial charge in [0.15, 0.2) is 0 Å². The molecule has 0 aliphatic heterocycles. The molecule has 0 rings (SSSR count). The Labute approximate surface area is 173 Å². The van der Waals surface area contributed by atoms with E-state index < -0.39 is 6.48 Å². The second kappa shape index (κ2) is 22.9. The average Bonchev–Trinajstić information content (AvgIpc) is 2.71. The molecule has 0 aromatic rings. The van der Waals surface area contributed by atoms with Crippen LogP contribution in [0.15, 0.2) is 73.5 Å². The van der Waals surface area contributed by atoms with Gasteiger partial charge in [0.05, 0.1) is 18.8 Å². The Morgan fingerprint density at radius 2 is 0.821 bits per heavy atom. The Kier molecular flexibility index (Phi) is 21.1. The summed E-state index contributed by atoms with van der Waals surface area (Å²) in [4.78, 5) is 0. The smallest absolute Gasteiger partial charge is 0.404 e. The molecule has 3 nitrogen and oxygen atoms in total. The van der Waals surface area contributed by atoms with Crippen molar-refractivity contribution in [3.8, 4) is 0 Å².